The van der Waals surface area contributed by atoms with Crippen LogP contribution in [0.3, 0.4) is 0 Å². The van der Waals surface area contributed by atoms with Crippen LogP contribution in [0.5, 0.6) is 5.75 Å². The Balaban J connectivity index is 2.15. The third kappa shape index (κ3) is 3.48. The largest absolute Gasteiger partial charge is 0.493 e. The lowest BCUT2D eigenvalue weighted by Gasteiger charge is -2.03. The zero-order valence-electron chi connectivity index (χ0n) is 16.6. The van der Waals surface area contributed by atoms with Crippen molar-refractivity contribution in [1.82, 2.24) is 0 Å². The minimum atomic E-state index is 0.594. The van der Waals surface area contributed by atoms with E-state index in [0.29, 0.717) is 6.61 Å². The Kier molecular flexibility index (Phi) is 5.05. The Hall–Kier alpha value is -2.85. The SMILES string of the molecule is CCOc1cc(-c2cccs2)cc(=Nc2cccc(C)c2)c2c(C)oc(C)c12. The molecule has 0 bridgehead atoms. The van der Waals surface area contributed by atoms with E-state index in [-0.39, 0.29) is 0 Å². The quantitative estimate of drug-likeness (QED) is 0.388. The van der Waals surface area contributed by atoms with Crippen LogP contribution in [0.1, 0.15) is 24.0 Å². The lowest BCUT2D eigenvalue weighted by atomic mass is 10.2. The number of thiophene rings is 1. The molecule has 4 rings (SSSR count). The van der Waals surface area contributed by atoms with Crippen LogP contribution < -0.4 is 10.1 Å². The molecule has 4 heteroatoms. The molecule has 0 N–H and O–H groups in total. The fourth-order valence-electron chi connectivity index (χ4n) is 3.54. The van der Waals surface area contributed by atoms with Crippen molar-refractivity contribution < 1.29 is 9.15 Å². The van der Waals surface area contributed by atoms with Crippen molar-refractivity contribution in [3.63, 3.8) is 0 Å². The second kappa shape index (κ2) is 7.64. The number of fused-ring (bicyclic) bond motifs is 1. The van der Waals surface area contributed by atoms with E-state index < -0.39 is 0 Å². The highest BCUT2D eigenvalue weighted by atomic mass is 32.1. The number of hydrogen-bond acceptors (Lipinski definition) is 4. The van der Waals surface area contributed by atoms with Gasteiger partial charge in [-0.05, 0) is 74.5 Å². The zero-order valence-corrected chi connectivity index (χ0v) is 17.4. The number of furan rings is 1. The first-order valence-electron chi connectivity index (χ1n) is 9.43. The van der Waals surface area contributed by atoms with E-state index in [9.17, 15) is 0 Å². The van der Waals surface area contributed by atoms with E-state index in [2.05, 4.69) is 48.7 Å². The third-order valence-electron chi connectivity index (χ3n) is 4.70. The Morgan fingerprint density at radius 1 is 0.964 bits per heavy atom. The predicted molar refractivity (Wildman–Crippen MR) is 117 cm³/mol. The summed E-state index contributed by atoms with van der Waals surface area (Å²) in [7, 11) is 0. The minimum Gasteiger partial charge on any atom is -0.493 e. The predicted octanol–water partition coefficient (Wildman–Crippen LogP) is 6.72. The summed E-state index contributed by atoms with van der Waals surface area (Å²) in [5.74, 6) is 2.54. The Morgan fingerprint density at radius 2 is 1.79 bits per heavy atom. The van der Waals surface area contributed by atoms with E-state index in [1.165, 1.54) is 10.4 Å². The van der Waals surface area contributed by atoms with Crippen LogP contribution in [0.15, 0.2) is 63.3 Å². The van der Waals surface area contributed by atoms with Crippen LogP contribution in [-0.4, -0.2) is 6.61 Å². The molecule has 2 heterocycles. The maximum absolute atomic E-state index is 6.04. The standard InChI is InChI=1S/C24H23NO2S/c1-5-26-21-14-18(22-10-7-11-28-22)13-20(23-16(3)27-17(4)24(21)23)25-19-9-6-8-15(2)12-19/h6-14H,5H2,1-4H3. The molecule has 0 saturated heterocycles. The van der Waals surface area contributed by atoms with Crippen LogP contribution in [-0.2, 0) is 0 Å². The average Bonchev–Trinajstić information content (AvgIpc) is 3.24. The van der Waals surface area contributed by atoms with Crippen molar-refractivity contribution in [1.29, 1.82) is 0 Å². The van der Waals surface area contributed by atoms with Gasteiger partial charge in [-0.2, -0.15) is 0 Å². The first kappa shape index (κ1) is 18.5. The van der Waals surface area contributed by atoms with Gasteiger partial charge in [0, 0.05) is 4.88 Å². The maximum atomic E-state index is 6.04. The molecule has 3 nitrogen and oxygen atoms in total. The summed E-state index contributed by atoms with van der Waals surface area (Å²) in [5, 5.41) is 4.98. The van der Waals surface area contributed by atoms with Crippen LogP contribution in [0, 0.1) is 20.8 Å². The van der Waals surface area contributed by atoms with Crippen molar-refractivity contribution >= 4 is 27.8 Å². The monoisotopic (exact) mass is 389 g/mol. The van der Waals surface area contributed by atoms with Crippen molar-refractivity contribution in [3.8, 4) is 16.2 Å². The first-order chi connectivity index (χ1) is 13.6. The van der Waals surface area contributed by atoms with Crippen LogP contribution in [0.2, 0.25) is 0 Å². The fraction of sp³-hybridized carbons (Fsp3) is 0.208. The van der Waals surface area contributed by atoms with Gasteiger partial charge in [0.15, 0.2) is 0 Å². The number of aryl methyl sites for hydroxylation is 3. The highest BCUT2D eigenvalue weighted by molar-refractivity contribution is 7.13. The van der Waals surface area contributed by atoms with Gasteiger partial charge in [-0.15, -0.1) is 11.3 Å². The van der Waals surface area contributed by atoms with Gasteiger partial charge >= 0.3 is 0 Å². The molecular weight excluding hydrogens is 366 g/mol. The molecule has 0 aliphatic rings. The Morgan fingerprint density at radius 3 is 2.50 bits per heavy atom. The van der Waals surface area contributed by atoms with Gasteiger partial charge in [0.2, 0.25) is 0 Å². The van der Waals surface area contributed by atoms with Crippen molar-refractivity contribution in [2.45, 2.75) is 27.7 Å². The summed E-state index contributed by atoms with van der Waals surface area (Å²) < 4.78 is 12.0. The summed E-state index contributed by atoms with van der Waals surface area (Å²) in [6.45, 7) is 8.66. The van der Waals surface area contributed by atoms with Gasteiger partial charge in [-0.1, -0.05) is 18.2 Å². The third-order valence-corrected chi connectivity index (χ3v) is 5.62. The fourth-order valence-corrected chi connectivity index (χ4v) is 4.26. The summed E-state index contributed by atoms with van der Waals surface area (Å²) in [6.07, 6.45) is 0. The second-order valence-electron chi connectivity index (χ2n) is 6.82. The van der Waals surface area contributed by atoms with Gasteiger partial charge in [0.25, 0.3) is 0 Å². The molecule has 0 aliphatic carbocycles. The Bertz CT molecular complexity index is 1200. The van der Waals surface area contributed by atoms with Crippen molar-refractivity contribution in [2.24, 2.45) is 4.99 Å². The van der Waals surface area contributed by atoms with E-state index in [4.69, 9.17) is 14.1 Å². The molecule has 0 unspecified atom stereocenters. The van der Waals surface area contributed by atoms with Gasteiger partial charge in [-0.25, -0.2) is 4.99 Å². The van der Waals surface area contributed by atoms with E-state index in [1.54, 1.807) is 11.3 Å². The lowest BCUT2D eigenvalue weighted by molar-refractivity contribution is 0.344. The highest BCUT2D eigenvalue weighted by Crippen LogP contribution is 2.34. The molecule has 2 aromatic carbocycles. The second-order valence-corrected chi connectivity index (χ2v) is 7.77. The summed E-state index contributed by atoms with van der Waals surface area (Å²) in [5.41, 5.74) is 3.21. The molecule has 0 aliphatic heterocycles. The molecule has 28 heavy (non-hydrogen) atoms. The summed E-state index contributed by atoms with van der Waals surface area (Å²) in [6, 6.07) is 16.7. The van der Waals surface area contributed by atoms with Crippen LogP contribution >= 0.6 is 11.3 Å². The maximum Gasteiger partial charge on any atom is 0.131 e. The van der Waals surface area contributed by atoms with Gasteiger partial charge in [-0.3, -0.25) is 0 Å². The number of rotatable bonds is 4. The van der Waals surface area contributed by atoms with Crippen molar-refractivity contribution in [2.75, 3.05) is 6.61 Å². The normalized spacial score (nSPS) is 11.9. The highest BCUT2D eigenvalue weighted by Gasteiger charge is 2.15. The molecule has 0 fully saturated rings. The number of nitrogens with zero attached hydrogens (tertiary/aromatic N) is 1. The number of ether oxygens (including phenoxy) is 1. The molecule has 142 valence electrons. The summed E-state index contributed by atoms with van der Waals surface area (Å²) >= 11 is 1.71. The van der Waals surface area contributed by atoms with E-state index >= 15 is 0 Å². The van der Waals surface area contributed by atoms with Gasteiger partial charge in [0.1, 0.15) is 17.3 Å². The minimum absolute atomic E-state index is 0.594. The van der Waals surface area contributed by atoms with Crippen LogP contribution in [0.4, 0.5) is 5.69 Å². The lowest BCUT2D eigenvalue weighted by Crippen LogP contribution is -2.00. The van der Waals surface area contributed by atoms with E-state index in [1.807, 2.05) is 32.9 Å². The first-order valence-corrected chi connectivity index (χ1v) is 10.3. The summed E-state index contributed by atoms with van der Waals surface area (Å²) in [4.78, 5) is 6.19. The van der Waals surface area contributed by atoms with Gasteiger partial charge < -0.3 is 9.15 Å². The Labute approximate surface area is 169 Å². The topological polar surface area (TPSA) is 34.7 Å². The van der Waals surface area contributed by atoms with Crippen molar-refractivity contribution in [3.05, 3.63) is 76.4 Å². The molecule has 0 amide bonds. The molecule has 0 saturated carbocycles. The molecule has 0 radical (unpaired) electrons. The molecule has 0 spiro atoms. The number of hydrogen-bond donors (Lipinski definition) is 0. The number of benzene rings is 1. The molecule has 2 aromatic heterocycles. The smallest absolute Gasteiger partial charge is 0.131 e. The average molecular weight is 390 g/mol. The van der Waals surface area contributed by atoms with E-state index in [0.717, 1.165) is 44.7 Å². The van der Waals surface area contributed by atoms with Gasteiger partial charge in [0.05, 0.1) is 28.4 Å². The zero-order chi connectivity index (χ0) is 19.7. The molecule has 4 aromatic rings. The van der Waals surface area contributed by atoms with Crippen LogP contribution in [0.25, 0.3) is 21.2 Å². The molecule has 0 atom stereocenters. The molecular formula is C24H23NO2S.